The smallest absolute Gasteiger partial charge is 0.194 e. The monoisotopic (exact) mass is 292 g/mol. The van der Waals surface area contributed by atoms with Gasteiger partial charge >= 0.3 is 0 Å². The maximum atomic E-state index is 5.51. The van der Waals surface area contributed by atoms with Crippen molar-refractivity contribution in [1.29, 1.82) is 0 Å². The fraction of sp³-hybridized carbons (Fsp3) is 0.308. The predicted octanol–water partition coefficient (Wildman–Crippen LogP) is 2.87. The van der Waals surface area contributed by atoms with Gasteiger partial charge in [0, 0.05) is 16.5 Å². The van der Waals surface area contributed by atoms with Crippen molar-refractivity contribution in [2.45, 2.75) is 6.42 Å². The highest BCUT2D eigenvalue weighted by Gasteiger charge is 2.19. The molecule has 0 atom stereocenters. The van der Waals surface area contributed by atoms with Gasteiger partial charge in [-0.05, 0) is 31.1 Å². The second-order valence-corrected chi connectivity index (χ2v) is 5.28. The molecule has 3 nitrogen and oxygen atoms in total. The van der Waals surface area contributed by atoms with E-state index in [-0.39, 0.29) is 0 Å². The van der Waals surface area contributed by atoms with Crippen LogP contribution in [0.4, 0.5) is 0 Å². The summed E-state index contributed by atoms with van der Waals surface area (Å²) >= 11 is 3.46. The average molecular weight is 293 g/mol. The summed E-state index contributed by atoms with van der Waals surface area (Å²) in [6.45, 7) is 2.16. The molecule has 1 aliphatic heterocycles. The van der Waals surface area contributed by atoms with Crippen LogP contribution >= 0.6 is 15.9 Å². The maximum Gasteiger partial charge on any atom is 0.194 e. The molecule has 1 aromatic heterocycles. The van der Waals surface area contributed by atoms with Crippen molar-refractivity contribution in [1.82, 2.24) is 10.3 Å². The zero-order valence-corrected chi connectivity index (χ0v) is 10.9. The van der Waals surface area contributed by atoms with Crippen molar-refractivity contribution in [3.63, 3.8) is 0 Å². The number of rotatable bonds is 3. The third-order valence-corrected chi connectivity index (χ3v) is 3.49. The summed E-state index contributed by atoms with van der Waals surface area (Å²) in [4.78, 5) is 4.53. The summed E-state index contributed by atoms with van der Waals surface area (Å²) in [6.07, 6.45) is 2.67. The molecule has 0 amide bonds. The quantitative estimate of drug-likeness (QED) is 0.945. The Morgan fingerprint density at radius 1 is 1.41 bits per heavy atom. The summed E-state index contributed by atoms with van der Waals surface area (Å²) in [5, 5.41) is 3.25. The van der Waals surface area contributed by atoms with Gasteiger partial charge in [-0.2, -0.15) is 0 Å². The average Bonchev–Trinajstić information content (AvgIpc) is 2.72. The van der Waals surface area contributed by atoms with E-state index in [0.29, 0.717) is 5.92 Å². The standard InChI is InChI=1S/C13H13BrN2O/c14-11-3-1-2-10(5-11)12-8-17-13(16-12)4-9-6-15-7-9/h1-3,5,8-9,15H,4,6-7H2. The van der Waals surface area contributed by atoms with Gasteiger partial charge in [0.25, 0.3) is 0 Å². The van der Waals surface area contributed by atoms with E-state index in [1.165, 1.54) is 0 Å². The summed E-state index contributed by atoms with van der Waals surface area (Å²) in [6, 6.07) is 8.10. The molecule has 1 fully saturated rings. The summed E-state index contributed by atoms with van der Waals surface area (Å²) in [5.41, 5.74) is 2.00. The molecule has 88 valence electrons. The number of halogens is 1. The first-order chi connectivity index (χ1) is 8.31. The van der Waals surface area contributed by atoms with E-state index < -0.39 is 0 Å². The number of benzene rings is 1. The highest BCUT2D eigenvalue weighted by atomic mass is 79.9. The molecule has 1 N–H and O–H groups in total. The fourth-order valence-corrected chi connectivity index (χ4v) is 2.32. The molecule has 0 spiro atoms. The molecule has 1 aliphatic rings. The molecule has 2 heterocycles. The van der Waals surface area contributed by atoms with Crippen molar-refractivity contribution in [2.75, 3.05) is 13.1 Å². The van der Waals surface area contributed by atoms with Crippen LogP contribution < -0.4 is 5.32 Å². The normalized spacial score (nSPS) is 15.8. The summed E-state index contributed by atoms with van der Waals surface area (Å²) in [5.74, 6) is 1.52. The molecule has 1 aromatic carbocycles. The topological polar surface area (TPSA) is 38.1 Å². The van der Waals surface area contributed by atoms with Gasteiger partial charge in [-0.3, -0.25) is 0 Å². The Bertz CT molecular complexity index is 520. The van der Waals surface area contributed by atoms with Gasteiger partial charge < -0.3 is 9.73 Å². The molecule has 0 saturated carbocycles. The Labute approximate surface area is 108 Å². The maximum absolute atomic E-state index is 5.51. The van der Waals surface area contributed by atoms with Crippen molar-refractivity contribution >= 4 is 15.9 Å². The first-order valence-corrected chi connectivity index (χ1v) is 6.51. The molecule has 0 aliphatic carbocycles. The lowest BCUT2D eigenvalue weighted by Gasteiger charge is -2.25. The van der Waals surface area contributed by atoms with Crippen molar-refractivity contribution in [2.24, 2.45) is 5.92 Å². The third kappa shape index (κ3) is 2.42. The first kappa shape index (κ1) is 11.0. The van der Waals surface area contributed by atoms with E-state index in [2.05, 4.69) is 26.2 Å². The summed E-state index contributed by atoms with van der Waals surface area (Å²) < 4.78 is 6.57. The van der Waals surface area contributed by atoms with Gasteiger partial charge in [0.2, 0.25) is 0 Å². The SMILES string of the molecule is Brc1cccc(-c2coc(CC3CNC3)n2)c1. The largest absolute Gasteiger partial charge is 0.448 e. The van der Waals surface area contributed by atoms with Crippen LogP contribution in [-0.2, 0) is 6.42 Å². The zero-order chi connectivity index (χ0) is 11.7. The molecule has 0 radical (unpaired) electrons. The number of hydrogen-bond donors (Lipinski definition) is 1. The van der Waals surface area contributed by atoms with Crippen molar-refractivity contribution in [3.05, 3.63) is 40.9 Å². The molecule has 2 aromatic rings. The minimum atomic E-state index is 0.684. The second-order valence-electron chi connectivity index (χ2n) is 4.37. The van der Waals surface area contributed by atoms with E-state index in [0.717, 1.165) is 41.1 Å². The third-order valence-electron chi connectivity index (χ3n) is 3.00. The van der Waals surface area contributed by atoms with E-state index >= 15 is 0 Å². The van der Waals surface area contributed by atoms with Crippen molar-refractivity contribution < 1.29 is 4.42 Å². The van der Waals surface area contributed by atoms with Gasteiger partial charge in [0.05, 0.1) is 0 Å². The molecule has 17 heavy (non-hydrogen) atoms. The minimum absolute atomic E-state index is 0.684. The molecular weight excluding hydrogens is 280 g/mol. The lowest BCUT2D eigenvalue weighted by molar-refractivity contribution is 0.318. The highest BCUT2D eigenvalue weighted by Crippen LogP contribution is 2.23. The van der Waals surface area contributed by atoms with Gasteiger partial charge in [-0.15, -0.1) is 0 Å². The molecule has 1 saturated heterocycles. The number of nitrogens with one attached hydrogen (secondary N) is 1. The van der Waals surface area contributed by atoms with Gasteiger partial charge in [-0.1, -0.05) is 28.1 Å². The second kappa shape index (κ2) is 4.63. The zero-order valence-electron chi connectivity index (χ0n) is 9.32. The van der Waals surface area contributed by atoms with Crippen LogP contribution in [0.15, 0.2) is 39.4 Å². The first-order valence-electron chi connectivity index (χ1n) is 5.72. The number of hydrogen-bond acceptors (Lipinski definition) is 3. The molecule has 0 unspecified atom stereocenters. The van der Waals surface area contributed by atoms with Crippen LogP contribution in [0.5, 0.6) is 0 Å². The van der Waals surface area contributed by atoms with Gasteiger partial charge in [0.1, 0.15) is 12.0 Å². The van der Waals surface area contributed by atoms with E-state index in [1.54, 1.807) is 6.26 Å². The Balaban J connectivity index is 1.79. The number of aromatic nitrogens is 1. The minimum Gasteiger partial charge on any atom is -0.448 e. The van der Waals surface area contributed by atoms with Crippen LogP contribution in [-0.4, -0.2) is 18.1 Å². The Morgan fingerprint density at radius 2 is 2.29 bits per heavy atom. The molecule has 3 rings (SSSR count). The fourth-order valence-electron chi connectivity index (χ4n) is 1.92. The molecule has 0 bridgehead atoms. The molecular formula is C13H13BrN2O. The number of nitrogens with zero attached hydrogens (tertiary/aromatic N) is 1. The predicted molar refractivity (Wildman–Crippen MR) is 69.7 cm³/mol. The van der Waals surface area contributed by atoms with Crippen LogP contribution in [0.2, 0.25) is 0 Å². The lowest BCUT2D eigenvalue weighted by atomic mass is 10.00. The Kier molecular flexibility index (Phi) is 2.99. The van der Waals surface area contributed by atoms with E-state index in [9.17, 15) is 0 Å². The van der Waals surface area contributed by atoms with Crippen molar-refractivity contribution in [3.8, 4) is 11.3 Å². The number of oxazole rings is 1. The highest BCUT2D eigenvalue weighted by molar-refractivity contribution is 9.10. The van der Waals surface area contributed by atoms with E-state index in [4.69, 9.17) is 4.42 Å². The van der Waals surface area contributed by atoms with Crippen LogP contribution in [0.1, 0.15) is 5.89 Å². The molecule has 4 heteroatoms. The Morgan fingerprint density at radius 3 is 3.00 bits per heavy atom. The van der Waals surface area contributed by atoms with E-state index in [1.807, 2.05) is 24.3 Å². The van der Waals surface area contributed by atoms with Crippen LogP contribution in [0, 0.1) is 5.92 Å². The van der Waals surface area contributed by atoms with Crippen LogP contribution in [0.25, 0.3) is 11.3 Å². The summed E-state index contributed by atoms with van der Waals surface area (Å²) in [7, 11) is 0. The van der Waals surface area contributed by atoms with Gasteiger partial charge in [0.15, 0.2) is 5.89 Å². The van der Waals surface area contributed by atoms with Gasteiger partial charge in [-0.25, -0.2) is 4.98 Å². The van der Waals surface area contributed by atoms with Crippen LogP contribution in [0.3, 0.4) is 0 Å². The lowest BCUT2D eigenvalue weighted by Crippen LogP contribution is -2.43. The Hall–Kier alpha value is -1.13.